The second-order valence-corrected chi connectivity index (χ2v) is 10.0. The molecule has 0 saturated heterocycles. The van der Waals surface area contributed by atoms with E-state index in [0.717, 1.165) is 0 Å². The summed E-state index contributed by atoms with van der Waals surface area (Å²) in [6.45, 7) is 2.60. The minimum atomic E-state index is -3.74. The molecule has 1 amide bonds. The molecule has 0 radical (unpaired) electrons. The van der Waals surface area contributed by atoms with Gasteiger partial charge in [0.05, 0.1) is 24.7 Å². The molecule has 1 unspecified atom stereocenters. The summed E-state index contributed by atoms with van der Waals surface area (Å²) >= 11 is 0. The molecule has 1 aromatic heterocycles. The van der Waals surface area contributed by atoms with Crippen molar-refractivity contribution in [3.8, 4) is 11.5 Å². The SMILES string of the molecule is CC(C)(C(=O)O)c1cc2cc(NC(=O)C3(c4ccc5c(c4)OC(F)(F)O5)CC3)ccc2n1CC(O)CO. The fourth-order valence-electron chi connectivity index (χ4n) is 4.71. The van der Waals surface area contributed by atoms with Crippen molar-refractivity contribution in [3.63, 3.8) is 0 Å². The number of fused-ring (bicyclic) bond motifs is 2. The van der Waals surface area contributed by atoms with E-state index in [-0.39, 0.29) is 24.0 Å². The smallest absolute Gasteiger partial charge is 0.481 e. The molecule has 196 valence electrons. The van der Waals surface area contributed by atoms with Gasteiger partial charge in [0.1, 0.15) is 5.41 Å². The van der Waals surface area contributed by atoms with Crippen LogP contribution in [0.25, 0.3) is 10.9 Å². The molecule has 1 aliphatic heterocycles. The lowest BCUT2D eigenvalue weighted by Gasteiger charge is -2.23. The van der Waals surface area contributed by atoms with Gasteiger partial charge in [0.15, 0.2) is 11.5 Å². The van der Waals surface area contributed by atoms with Crippen LogP contribution in [0.1, 0.15) is 37.9 Å². The lowest BCUT2D eigenvalue weighted by atomic mass is 9.89. The number of benzene rings is 2. The van der Waals surface area contributed by atoms with E-state index >= 15 is 0 Å². The van der Waals surface area contributed by atoms with Gasteiger partial charge in [0, 0.05) is 22.3 Å². The van der Waals surface area contributed by atoms with Gasteiger partial charge in [-0.05, 0) is 68.7 Å². The number of carboxylic acids is 1. The van der Waals surface area contributed by atoms with Crippen molar-refractivity contribution in [2.45, 2.75) is 56.5 Å². The first-order chi connectivity index (χ1) is 17.4. The fraction of sp³-hybridized carbons (Fsp3) is 0.385. The number of anilines is 1. The Morgan fingerprint density at radius 1 is 1.11 bits per heavy atom. The van der Waals surface area contributed by atoms with Gasteiger partial charge < -0.3 is 34.7 Å². The highest BCUT2D eigenvalue weighted by Gasteiger charge is 2.52. The Morgan fingerprint density at radius 3 is 2.46 bits per heavy atom. The minimum Gasteiger partial charge on any atom is -0.481 e. The van der Waals surface area contributed by atoms with Crippen molar-refractivity contribution in [1.29, 1.82) is 0 Å². The highest BCUT2D eigenvalue weighted by atomic mass is 19.3. The molecule has 4 N–H and O–H groups in total. The standard InChI is InChI=1S/C26H26F2N2O7/c1-24(2,23(34)35)21-10-14-9-16(4-5-18(14)30(21)12-17(32)13-31)29-22(33)25(7-8-25)15-3-6-19-20(11-15)37-26(27,28)36-19/h3-6,9-11,17,31-32H,7-8,12-13H2,1-2H3,(H,29,33)(H,34,35). The first-order valence-electron chi connectivity index (χ1n) is 11.7. The summed E-state index contributed by atoms with van der Waals surface area (Å²) < 4.78 is 37.4. The molecule has 1 aliphatic carbocycles. The minimum absolute atomic E-state index is 0.00990. The van der Waals surface area contributed by atoms with Crippen molar-refractivity contribution >= 4 is 28.5 Å². The average molecular weight is 516 g/mol. The summed E-state index contributed by atoms with van der Waals surface area (Å²) in [6, 6.07) is 11.1. The number of amides is 1. The summed E-state index contributed by atoms with van der Waals surface area (Å²) in [5, 5.41) is 32.7. The number of nitrogens with zero attached hydrogens (tertiary/aromatic N) is 1. The van der Waals surface area contributed by atoms with E-state index in [2.05, 4.69) is 14.8 Å². The van der Waals surface area contributed by atoms with Gasteiger partial charge in [-0.15, -0.1) is 8.78 Å². The van der Waals surface area contributed by atoms with E-state index in [4.69, 9.17) is 0 Å². The summed E-state index contributed by atoms with van der Waals surface area (Å²) in [5.74, 6) is -1.58. The number of aliphatic carboxylic acids is 1. The maximum absolute atomic E-state index is 13.4. The number of aromatic nitrogens is 1. The molecule has 2 heterocycles. The fourth-order valence-corrected chi connectivity index (χ4v) is 4.71. The van der Waals surface area contributed by atoms with E-state index in [0.29, 0.717) is 40.7 Å². The van der Waals surface area contributed by atoms with Crippen molar-refractivity contribution in [1.82, 2.24) is 4.57 Å². The first kappa shape index (κ1) is 25.0. The monoisotopic (exact) mass is 516 g/mol. The number of carboxylic acid groups (broad SMARTS) is 1. The molecule has 3 aromatic rings. The van der Waals surface area contributed by atoms with Crippen LogP contribution in [0.3, 0.4) is 0 Å². The van der Waals surface area contributed by atoms with Crippen LogP contribution < -0.4 is 14.8 Å². The Morgan fingerprint density at radius 2 is 1.81 bits per heavy atom. The van der Waals surface area contributed by atoms with E-state index in [9.17, 15) is 33.7 Å². The van der Waals surface area contributed by atoms with Crippen LogP contribution in [-0.4, -0.2) is 50.8 Å². The Labute approximate surface area is 210 Å². The van der Waals surface area contributed by atoms with Crippen LogP contribution in [-0.2, 0) is 27.0 Å². The summed E-state index contributed by atoms with van der Waals surface area (Å²) in [5.41, 5.74) is -0.101. The number of carbonyl (C=O) groups is 2. The van der Waals surface area contributed by atoms with Gasteiger partial charge in [0.25, 0.3) is 0 Å². The van der Waals surface area contributed by atoms with E-state index in [1.165, 1.54) is 12.1 Å². The van der Waals surface area contributed by atoms with Crippen LogP contribution in [0.5, 0.6) is 11.5 Å². The topological polar surface area (TPSA) is 130 Å². The number of alkyl halides is 2. The van der Waals surface area contributed by atoms with Gasteiger partial charge in [-0.25, -0.2) is 0 Å². The van der Waals surface area contributed by atoms with Crippen LogP contribution in [0.15, 0.2) is 42.5 Å². The molecular formula is C26H26F2N2O7. The van der Waals surface area contributed by atoms with Crippen molar-refractivity contribution in [3.05, 3.63) is 53.7 Å². The molecule has 9 nitrogen and oxygen atoms in total. The Balaban J connectivity index is 1.44. The van der Waals surface area contributed by atoms with Crippen molar-refractivity contribution < 1.29 is 43.2 Å². The van der Waals surface area contributed by atoms with E-state index in [1.807, 2.05) is 0 Å². The molecule has 1 saturated carbocycles. The number of nitrogens with one attached hydrogen (secondary N) is 1. The number of carbonyl (C=O) groups excluding carboxylic acids is 1. The zero-order chi connectivity index (χ0) is 26.8. The number of halogens is 2. The quantitative estimate of drug-likeness (QED) is 0.361. The van der Waals surface area contributed by atoms with E-state index in [1.54, 1.807) is 48.7 Å². The highest BCUT2D eigenvalue weighted by Crippen LogP contribution is 2.52. The predicted molar refractivity (Wildman–Crippen MR) is 128 cm³/mol. The normalized spacial score (nSPS) is 18.0. The Hall–Kier alpha value is -3.70. The van der Waals surface area contributed by atoms with Crippen LogP contribution >= 0.6 is 0 Å². The molecular weight excluding hydrogens is 490 g/mol. The third-order valence-corrected chi connectivity index (χ3v) is 7.08. The molecule has 11 heteroatoms. The molecule has 0 spiro atoms. The zero-order valence-electron chi connectivity index (χ0n) is 20.1. The molecule has 2 aliphatic rings. The van der Waals surface area contributed by atoms with E-state index < -0.39 is 35.8 Å². The maximum atomic E-state index is 13.4. The molecule has 0 bridgehead atoms. The third kappa shape index (κ3) is 4.27. The second kappa shape index (κ2) is 8.42. The molecule has 1 atom stereocenters. The molecule has 2 aromatic carbocycles. The summed E-state index contributed by atoms with van der Waals surface area (Å²) in [6.07, 6.45) is -3.77. The van der Waals surface area contributed by atoms with Gasteiger partial charge in [-0.2, -0.15) is 0 Å². The predicted octanol–water partition coefficient (Wildman–Crippen LogP) is 3.35. The van der Waals surface area contributed by atoms with Crippen molar-refractivity contribution in [2.24, 2.45) is 0 Å². The van der Waals surface area contributed by atoms with Crippen LogP contribution in [0.2, 0.25) is 0 Å². The zero-order valence-corrected chi connectivity index (χ0v) is 20.1. The first-order valence-corrected chi connectivity index (χ1v) is 11.7. The van der Waals surface area contributed by atoms with Gasteiger partial charge >= 0.3 is 12.3 Å². The number of hydrogen-bond donors (Lipinski definition) is 4. The Kier molecular flexibility index (Phi) is 5.68. The Bertz CT molecular complexity index is 1410. The number of ether oxygens (including phenoxy) is 2. The second-order valence-electron chi connectivity index (χ2n) is 10.0. The molecule has 37 heavy (non-hydrogen) atoms. The van der Waals surface area contributed by atoms with Gasteiger partial charge in [-0.1, -0.05) is 6.07 Å². The lowest BCUT2D eigenvalue weighted by molar-refractivity contribution is -0.286. The number of aliphatic hydroxyl groups excluding tert-OH is 2. The molecule has 5 rings (SSSR count). The third-order valence-electron chi connectivity index (χ3n) is 7.08. The van der Waals surface area contributed by atoms with Crippen LogP contribution in [0, 0.1) is 0 Å². The number of aliphatic hydroxyl groups is 2. The number of rotatable bonds is 8. The maximum Gasteiger partial charge on any atom is 0.586 e. The molecule has 1 fully saturated rings. The largest absolute Gasteiger partial charge is 0.586 e. The van der Waals surface area contributed by atoms with Gasteiger partial charge in [-0.3, -0.25) is 9.59 Å². The lowest BCUT2D eigenvalue weighted by Crippen LogP contribution is -2.33. The van der Waals surface area contributed by atoms with Crippen molar-refractivity contribution in [2.75, 3.05) is 11.9 Å². The highest BCUT2D eigenvalue weighted by molar-refractivity contribution is 6.02. The van der Waals surface area contributed by atoms with Gasteiger partial charge in [0.2, 0.25) is 5.91 Å². The summed E-state index contributed by atoms with van der Waals surface area (Å²) in [7, 11) is 0. The number of hydrogen-bond acceptors (Lipinski definition) is 6. The summed E-state index contributed by atoms with van der Waals surface area (Å²) in [4.78, 5) is 25.2. The van der Waals surface area contributed by atoms with Crippen LogP contribution in [0.4, 0.5) is 14.5 Å². The average Bonchev–Trinajstić information content (AvgIpc) is 3.48.